The fourth-order valence-electron chi connectivity index (χ4n) is 3.08. The number of hydrogen-bond donors (Lipinski definition) is 0. The number of allylic oxidation sites excluding steroid dienone is 2. The van der Waals surface area contributed by atoms with E-state index < -0.39 is 0 Å². The van der Waals surface area contributed by atoms with E-state index in [1.54, 1.807) is 0 Å². The Kier molecular flexibility index (Phi) is 5.85. The van der Waals surface area contributed by atoms with Gasteiger partial charge in [-0.15, -0.1) is 0 Å². The number of carbonyl (C=O) groups excluding carboxylic acids is 1. The fourth-order valence-corrected chi connectivity index (χ4v) is 3.08. The second kappa shape index (κ2) is 7.87. The molecule has 2 rings (SSSR count). The van der Waals surface area contributed by atoms with Crippen molar-refractivity contribution in [2.24, 2.45) is 0 Å². The zero-order valence-electron chi connectivity index (χ0n) is 13.0. The van der Waals surface area contributed by atoms with Crippen molar-refractivity contribution in [2.45, 2.75) is 51.7 Å². The number of para-hydroxylation sites is 1. The Hall–Kier alpha value is -1.77. The third-order valence-corrected chi connectivity index (χ3v) is 3.99. The summed E-state index contributed by atoms with van der Waals surface area (Å²) in [6.07, 6.45) is 8.32. The highest BCUT2D eigenvalue weighted by atomic mass is 16.5. The molecule has 0 bridgehead atoms. The highest BCUT2D eigenvalue weighted by Crippen LogP contribution is 2.26. The van der Waals surface area contributed by atoms with Crippen LogP contribution in [0.1, 0.15) is 39.5 Å². The first-order valence-corrected chi connectivity index (χ1v) is 7.86. The standard InChI is InChI=1S/C18H25NO2/c1-3-19(16-11-7-6-8-12-16)17-13-9-4-5-10-14-18(17)21-15(2)20/h4-8,11-12,17-18H,3,9-10,13-14H2,1-2H3/b5-4-/t17-,18-/m0/s1. The molecule has 0 N–H and O–H groups in total. The van der Waals surface area contributed by atoms with E-state index in [9.17, 15) is 4.79 Å². The molecule has 0 heterocycles. The Bertz CT molecular complexity index is 469. The first-order chi connectivity index (χ1) is 10.2. The molecule has 0 spiro atoms. The van der Waals surface area contributed by atoms with Crippen LogP contribution in [0.4, 0.5) is 5.69 Å². The zero-order chi connectivity index (χ0) is 15.1. The molecule has 0 saturated heterocycles. The van der Waals surface area contributed by atoms with E-state index in [2.05, 4.69) is 48.2 Å². The lowest BCUT2D eigenvalue weighted by Gasteiger charge is -2.38. The Labute approximate surface area is 127 Å². The third kappa shape index (κ3) is 4.35. The molecule has 2 atom stereocenters. The number of likely N-dealkylation sites (N-methyl/N-ethyl adjacent to an activating group) is 1. The summed E-state index contributed by atoms with van der Waals surface area (Å²) in [5, 5.41) is 0. The Balaban J connectivity index is 2.24. The summed E-state index contributed by atoms with van der Waals surface area (Å²) in [4.78, 5) is 13.8. The number of anilines is 1. The van der Waals surface area contributed by atoms with E-state index in [0.717, 1.165) is 32.2 Å². The number of hydrogen-bond acceptors (Lipinski definition) is 3. The van der Waals surface area contributed by atoms with Crippen LogP contribution < -0.4 is 4.90 Å². The molecule has 0 aliphatic heterocycles. The van der Waals surface area contributed by atoms with Gasteiger partial charge in [-0.1, -0.05) is 30.4 Å². The molecule has 1 aliphatic carbocycles. The lowest BCUT2D eigenvalue weighted by Crippen LogP contribution is -2.46. The van der Waals surface area contributed by atoms with E-state index in [1.807, 2.05) is 6.07 Å². The summed E-state index contributed by atoms with van der Waals surface area (Å²) in [6, 6.07) is 10.6. The van der Waals surface area contributed by atoms with Gasteiger partial charge in [-0.3, -0.25) is 4.79 Å². The molecule has 0 fully saturated rings. The van der Waals surface area contributed by atoms with Gasteiger partial charge in [0.25, 0.3) is 0 Å². The molecule has 0 aromatic heterocycles. The SMILES string of the molecule is CCN(c1ccccc1)[C@H]1CC/C=C\CC[C@@H]1OC(C)=O. The zero-order valence-corrected chi connectivity index (χ0v) is 13.0. The average Bonchev–Trinajstić information content (AvgIpc) is 2.46. The topological polar surface area (TPSA) is 29.5 Å². The predicted octanol–water partition coefficient (Wildman–Crippen LogP) is 3.94. The number of esters is 1. The largest absolute Gasteiger partial charge is 0.460 e. The quantitative estimate of drug-likeness (QED) is 0.620. The van der Waals surface area contributed by atoms with Gasteiger partial charge in [-0.2, -0.15) is 0 Å². The molecule has 1 aliphatic rings. The van der Waals surface area contributed by atoms with E-state index in [1.165, 1.54) is 12.6 Å². The summed E-state index contributed by atoms with van der Waals surface area (Å²) in [6.45, 7) is 4.58. The normalized spacial score (nSPS) is 23.7. The minimum atomic E-state index is -0.182. The number of ether oxygens (including phenoxy) is 1. The van der Waals surface area contributed by atoms with Gasteiger partial charge >= 0.3 is 5.97 Å². The summed E-state index contributed by atoms with van der Waals surface area (Å²) >= 11 is 0. The Morgan fingerprint density at radius 1 is 1.19 bits per heavy atom. The van der Waals surface area contributed by atoms with Gasteiger partial charge in [0.15, 0.2) is 0 Å². The van der Waals surface area contributed by atoms with Gasteiger partial charge in [0.1, 0.15) is 6.10 Å². The highest BCUT2D eigenvalue weighted by molar-refractivity contribution is 5.66. The van der Waals surface area contributed by atoms with Crippen LogP contribution in [0.15, 0.2) is 42.5 Å². The fraction of sp³-hybridized carbons (Fsp3) is 0.500. The summed E-state index contributed by atoms with van der Waals surface area (Å²) in [5.41, 5.74) is 1.20. The van der Waals surface area contributed by atoms with Crippen LogP contribution >= 0.6 is 0 Å². The van der Waals surface area contributed by atoms with Gasteiger partial charge in [-0.05, 0) is 44.7 Å². The van der Waals surface area contributed by atoms with Crippen molar-refractivity contribution in [3.8, 4) is 0 Å². The van der Waals surface area contributed by atoms with Crippen molar-refractivity contribution in [1.82, 2.24) is 0 Å². The molecule has 1 aromatic rings. The Morgan fingerprint density at radius 2 is 1.86 bits per heavy atom. The van der Waals surface area contributed by atoms with Crippen LogP contribution in [0.3, 0.4) is 0 Å². The minimum absolute atomic E-state index is 0.0346. The number of rotatable bonds is 4. The maximum Gasteiger partial charge on any atom is 0.302 e. The number of nitrogens with zero attached hydrogens (tertiary/aromatic N) is 1. The number of benzene rings is 1. The van der Waals surface area contributed by atoms with Gasteiger partial charge in [-0.25, -0.2) is 0 Å². The van der Waals surface area contributed by atoms with Crippen LogP contribution in [-0.4, -0.2) is 24.7 Å². The van der Waals surface area contributed by atoms with Crippen molar-refractivity contribution in [3.05, 3.63) is 42.5 Å². The second-order valence-electron chi connectivity index (χ2n) is 5.46. The summed E-state index contributed by atoms with van der Waals surface area (Å²) in [5.74, 6) is -0.182. The van der Waals surface area contributed by atoms with Crippen LogP contribution in [-0.2, 0) is 9.53 Å². The minimum Gasteiger partial charge on any atom is -0.460 e. The molecular weight excluding hydrogens is 262 g/mol. The molecule has 0 amide bonds. The lowest BCUT2D eigenvalue weighted by atomic mass is 9.95. The molecule has 3 heteroatoms. The van der Waals surface area contributed by atoms with Crippen LogP contribution in [0.5, 0.6) is 0 Å². The van der Waals surface area contributed by atoms with E-state index in [-0.39, 0.29) is 18.1 Å². The first-order valence-electron chi connectivity index (χ1n) is 7.86. The monoisotopic (exact) mass is 287 g/mol. The molecule has 114 valence electrons. The van der Waals surface area contributed by atoms with Gasteiger partial charge < -0.3 is 9.64 Å². The van der Waals surface area contributed by atoms with Crippen LogP contribution in [0, 0.1) is 0 Å². The molecule has 21 heavy (non-hydrogen) atoms. The predicted molar refractivity (Wildman–Crippen MR) is 86.4 cm³/mol. The third-order valence-electron chi connectivity index (χ3n) is 3.99. The number of carbonyl (C=O) groups is 1. The second-order valence-corrected chi connectivity index (χ2v) is 5.46. The highest BCUT2D eigenvalue weighted by Gasteiger charge is 2.29. The van der Waals surface area contributed by atoms with E-state index in [4.69, 9.17) is 4.74 Å². The first kappa shape index (κ1) is 15.6. The van der Waals surface area contributed by atoms with Gasteiger partial charge in [0, 0.05) is 19.2 Å². The van der Waals surface area contributed by atoms with Crippen molar-refractivity contribution >= 4 is 11.7 Å². The molecule has 0 radical (unpaired) electrons. The maximum atomic E-state index is 11.4. The lowest BCUT2D eigenvalue weighted by molar-refractivity contribution is -0.147. The Morgan fingerprint density at radius 3 is 2.48 bits per heavy atom. The molecule has 0 saturated carbocycles. The van der Waals surface area contributed by atoms with E-state index >= 15 is 0 Å². The van der Waals surface area contributed by atoms with Crippen molar-refractivity contribution in [2.75, 3.05) is 11.4 Å². The van der Waals surface area contributed by atoms with Crippen LogP contribution in [0.2, 0.25) is 0 Å². The smallest absolute Gasteiger partial charge is 0.302 e. The summed E-state index contributed by atoms with van der Waals surface area (Å²) in [7, 11) is 0. The average molecular weight is 287 g/mol. The van der Waals surface area contributed by atoms with E-state index in [0.29, 0.717) is 0 Å². The van der Waals surface area contributed by atoms with Crippen molar-refractivity contribution < 1.29 is 9.53 Å². The van der Waals surface area contributed by atoms with Crippen molar-refractivity contribution in [1.29, 1.82) is 0 Å². The molecule has 3 nitrogen and oxygen atoms in total. The molecular formula is C18H25NO2. The molecule has 0 unspecified atom stereocenters. The maximum absolute atomic E-state index is 11.4. The van der Waals surface area contributed by atoms with Gasteiger partial charge in [0.05, 0.1) is 6.04 Å². The van der Waals surface area contributed by atoms with Crippen molar-refractivity contribution in [3.63, 3.8) is 0 Å². The summed E-state index contributed by atoms with van der Waals surface area (Å²) < 4.78 is 5.63. The van der Waals surface area contributed by atoms with Crippen LogP contribution in [0.25, 0.3) is 0 Å². The molecule has 1 aromatic carbocycles. The van der Waals surface area contributed by atoms with Gasteiger partial charge in [0.2, 0.25) is 0 Å².